The number of nitrogens with one attached hydrogen (secondary N) is 1. The van der Waals surface area contributed by atoms with Crippen LogP contribution in [0.5, 0.6) is 17.2 Å². The maximum Gasteiger partial charge on any atom is 0.412 e. The quantitative estimate of drug-likeness (QED) is 0.845. The molecule has 0 heterocycles. The first-order valence-electron chi connectivity index (χ1n) is 7.36. The van der Waals surface area contributed by atoms with Crippen LogP contribution in [0.1, 0.15) is 19.4 Å². The molecule has 5 nitrogen and oxygen atoms in total. The summed E-state index contributed by atoms with van der Waals surface area (Å²) in [5.41, 5.74) is 0.869. The lowest BCUT2D eigenvalue weighted by Crippen LogP contribution is -2.42. The molecule has 0 spiro atoms. The molecule has 0 aliphatic carbocycles. The van der Waals surface area contributed by atoms with E-state index in [1.54, 1.807) is 14.2 Å². The van der Waals surface area contributed by atoms with Crippen LogP contribution in [-0.4, -0.2) is 34.4 Å². The van der Waals surface area contributed by atoms with Crippen LogP contribution in [0.15, 0.2) is 6.07 Å². The van der Waals surface area contributed by atoms with Gasteiger partial charge in [0, 0.05) is 11.2 Å². The minimum Gasteiger partial charge on any atom is -0.493 e. The number of carbonyl (C=O) groups is 1. The van der Waals surface area contributed by atoms with Crippen molar-refractivity contribution in [1.82, 2.24) is 5.32 Å². The molecule has 0 saturated carbocycles. The molecule has 1 aromatic rings. The van der Waals surface area contributed by atoms with Crippen molar-refractivity contribution in [2.75, 3.05) is 14.2 Å². The van der Waals surface area contributed by atoms with Crippen molar-refractivity contribution in [1.29, 1.82) is 0 Å². The van der Waals surface area contributed by atoms with E-state index in [0.717, 1.165) is 10.8 Å². The number of hydrogen-bond donors (Lipinski definition) is 1. The maximum absolute atomic E-state index is 12.0. The lowest BCUT2D eigenvalue weighted by molar-refractivity contribution is 0.198. The summed E-state index contributed by atoms with van der Waals surface area (Å²) in [5, 5.41) is 3.68. The van der Waals surface area contributed by atoms with Gasteiger partial charge in [-0.2, -0.15) is 0 Å². The Morgan fingerprint density at radius 3 is 2.09 bits per heavy atom. The molecule has 124 valence electrons. The molecule has 0 aromatic heterocycles. The van der Waals surface area contributed by atoms with E-state index in [-0.39, 0.29) is 6.04 Å². The van der Waals surface area contributed by atoms with Crippen molar-refractivity contribution in [3.63, 3.8) is 0 Å². The average molecular weight is 325 g/mol. The average Bonchev–Trinajstić information content (AvgIpc) is 2.34. The highest BCUT2D eigenvalue weighted by atomic mass is 28.3. The normalized spacial score (nSPS) is 11.3. The molecule has 1 N–H and O–H groups in total. The van der Waals surface area contributed by atoms with Crippen LogP contribution in [0.2, 0.25) is 19.6 Å². The molecule has 1 aromatic carbocycles. The maximum atomic E-state index is 12.0. The summed E-state index contributed by atoms with van der Waals surface area (Å²) in [4.78, 5) is 12.0. The van der Waals surface area contributed by atoms with Gasteiger partial charge in [-0.05, 0) is 32.4 Å². The molecule has 0 saturated heterocycles. The Hall–Kier alpha value is -1.69. The zero-order valence-corrected chi connectivity index (χ0v) is 15.8. The number of aryl methyl sites for hydroxylation is 1. The first kappa shape index (κ1) is 18.4. The summed E-state index contributed by atoms with van der Waals surface area (Å²) in [5.74, 6) is 1.90. The van der Waals surface area contributed by atoms with Gasteiger partial charge in [-0.25, -0.2) is 4.79 Å². The van der Waals surface area contributed by atoms with Crippen molar-refractivity contribution in [2.45, 2.75) is 46.5 Å². The predicted octanol–water partition coefficient (Wildman–Crippen LogP) is 3.05. The second kappa shape index (κ2) is 7.04. The number of hydrogen-bond acceptors (Lipinski definition) is 4. The first-order chi connectivity index (χ1) is 10.1. The number of methoxy groups -OCH3 is 2. The van der Waals surface area contributed by atoms with E-state index in [1.807, 2.05) is 26.8 Å². The molecule has 22 heavy (non-hydrogen) atoms. The van der Waals surface area contributed by atoms with Gasteiger partial charge in [0.25, 0.3) is 0 Å². The molecule has 0 fully saturated rings. The molecule has 0 aliphatic heterocycles. The minimum atomic E-state index is -1.83. The van der Waals surface area contributed by atoms with Gasteiger partial charge in [0.05, 0.1) is 22.3 Å². The summed E-state index contributed by atoms with van der Waals surface area (Å²) in [6.07, 6.45) is -0.457. The summed E-state index contributed by atoms with van der Waals surface area (Å²) >= 11 is 0. The summed E-state index contributed by atoms with van der Waals surface area (Å²) in [6, 6.07) is 1.86. The molecule has 0 aliphatic rings. The van der Waals surface area contributed by atoms with Crippen molar-refractivity contribution in [2.24, 2.45) is 0 Å². The molecule has 6 heteroatoms. The Labute approximate surface area is 134 Å². The van der Waals surface area contributed by atoms with Gasteiger partial charge in [0.15, 0.2) is 11.5 Å². The van der Waals surface area contributed by atoms with E-state index in [9.17, 15) is 4.79 Å². The smallest absolute Gasteiger partial charge is 0.412 e. The highest BCUT2D eigenvalue weighted by Crippen LogP contribution is 2.35. The van der Waals surface area contributed by atoms with E-state index in [0.29, 0.717) is 17.2 Å². The fraction of sp³-hybridized carbons (Fsp3) is 0.562. The third-order valence-corrected chi connectivity index (χ3v) is 5.13. The lowest BCUT2D eigenvalue weighted by Gasteiger charge is -2.26. The van der Waals surface area contributed by atoms with E-state index in [1.165, 1.54) is 0 Å². The van der Waals surface area contributed by atoms with Gasteiger partial charge in [-0.1, -0.05) is 19.6 Å². The summed E-state index contributed by atoms with van der Waals surface area (Å²) in [7, 11) is 1.40. The van der Waals surface area contributed by atoms with Crippen molar-refractivity contribution in [3.8, 4) is 17.2 Å². The Balaban J connectivity index is 3.43. The molecule has 0 radical (unpaired) electrons. The standard InChI is InChI=1S/C16H27NO4Si/c1-10(2)17-16(18)21-12-9-11(3)13(19-4)14(20-5)15(12)22(6,7)8/h9-10H,1-8H3,(H,17,18). The lowest BCUT2D eigenvalue weighted by atomic mass is 10.2. The van der Waals surface area contributed by atoms with E-state index < -0.39 is 14.2 Å². The molecule has 0 atom stereocenters. The van der Waals surface area contributed by atoms with Gasteiger partial charge < -0.3 is 19.5 Å². The SMILES string of the molecule is COc1c(C)cc(OC(=O)NC(C)C)c([Si](C)(C)C)c1OC. The van der Waals surface area contributed by atoms with Crippen molar-refractivity contribution in [3.05, 3.63) is 11.6 Å². The first-order valence-corrected chi connectivity index (χ1v) is 10.9. The number of ether oxygens (including phenoxy) is 3. The largest absolute Gasteiger partial charge is 0.493 e. The van der Waals surface area contributed by atoms with Crippen LogP contribution in [0, 0.1) is 6.92 Å². The highest BCUT2D eigenvalue weighted by molar-refractivity contribution is 6.90. The van der Waals surface area contributed by atoms with Crippen molar-refractivity contribution < 1.29 is 19.0 Å². The fourth-order valence-corrected chi connectivity index (χ4v) is 4.10. The van der Waals surface area contributed by atoms with Gasteiger partial charge in [-0.15, -0.1) is 0 Å². The van der Waals surface area contributed by atoms with Crippen LogP contribution in [0.3, 0.4) is 0 Å². The monoisotopic (exact) mass is 325 g/mol. The molecule has 0 bridgehead atoms. The Kier molecular flexibility index (Phi) is 5.88. The highest BCUT2D eigenvalue weighted by Gasteiger charge is 2.30. The number of benzene rings is 1. The molecule has 1 amide bonds. The minimum absolute atomic E-state index is 0.0177. The number of rotatable bonds is 5. The van der Waals surface area contributed by atoms with Gasteiger partial charge in [-0.3, -0.25) is 0 Å². The van der Waals surface area contributed by atoms with E-state index in [4.69, 9.17) is 14.2 Å². The van der Waals surface area contributed by atoms with Crippen LogP contribution in [0.4, 0.5) is 4.79 Å². The van der Waals surface area contributed by atoms with Crippen molar-refractivity contribution >= 4 is 19.4 Å². The topological polar surface area (TPSA) is 56.8 Å². The number of amides is 1. The fourth-order valence-electron chi connectivity index (χ4n) is 2.34. The van der Waals surface area contributed by atoms with E-state index >= 15 is 0 Å². The van der Waals surface area contributed by atoms with Gasteiger partial charge in [0.1, 0.15) is 5.75 Å². The van der Waals surface area contributed by atoms with Crippen LogP contribution < -0.4 is 24.7 Å². The third kappa shape index (κ3) is 4.16. The second-order valence-corrected chi connectivity index (χ2v) is 11.6. The molecular weight excluding hydrogens is 298 g/mol. The summed E-state index contributed by atoms with van der Waals surface area (Å²) in [6.45, 7) is 12.2. The van der Waals surface area contributed by atoms with E-state index in [2.05, 4.69) is 25.0 Å². The Bertz CT molecular complexity index is 550. The Morgan fingerprint density at radius 2 is 1.68 bits per heavy atom. The van der Waals surface area contributed by atoms with Gasteiger partial charge in [0.2, 0.25) is 0 Å². The van der Waals surface area contributed by atoms with Crippen LogP contribution in [-0.2, 0) is 0 Å². The molecule has 1 rings (SSSR count). The molecule has 0 unspecified atom stereocenters. The van der Waals surface area contributed by atoms with Gasteiger partial charge >= 0.3 is 6.09 Å². The third-order valence-electron chi connectivity index (χ3n) is 3.15. The zero-order chi connectivity index (χ0) is 17.1. The Morgan fingerprint density at radius 1 is 1.14 bits per heavy atom. The van der Waals surface area contributed by atoms with Crippen LogP contribution in [0.25, 0.3) is 0 Å². The predicted molar refractivity (Wildman–Crippen MR) is 91.6 cm³/mol. The van der Waals surface area contributed by atoms with Crippen LogP contribution >= 0.6 is 0 Å². The summed E-state index contributed by atoms with van der Waals surface area (Å²) < 4.78 is 16.6. The molecular formula is C16H27NO4Si. The number of carbonyl (C=O) groups excluding carboxylic acids is 1. The second-order valence-electron chi connectivity index (χ2n) is 6.57. The zero-order valence-electron chi connectivity index (χ0n) is 14.8.